The standard InChI is InChI=1S/C5H6BNO3.C5H9NO4/c8-6(9)10-5-1-3-7-4-2-5;1-10-5(9)3-6-2-4(7)8/h1-4,8-9H;6H,2-3H2,1H3,(H,7,8). The van der Waals surface area contributed by atoms with Crippen molar-refractivity contribution in [1.29, 1.82) is 0 Å². The van der Waals surface area contributed by atoms with Crippen LogP contribution < -0.4 is 9.97 Å². The summed E-state index contributed by atoms with van der Waals surface area (Å²) < 4.78 is 8.72. The Balaban J connectivity index is 0.000000361. The first-order chi connectivity index (χ1) is 9.45. The number of hydrogen-bond donors (Lipinski definition) is 4. The monoisotopic (exact) mass is 286 g/mol. The molecular weight excluding hydrogens is 271 g/mol. The molecule has 0 aliphatic rings. The number of nitrogens with one attached hydrogen (secondary N) is 1. The number of methoxy groups -OCH3 is 1. The van der Waals surface area contributed by atoms with Crippen molar-refractivity contribution in [1.82, 2.24) is 10.3 Å². The summed E-state index contributed by atoms with van der Waals surface area (Å²) in [7, 11) is -0.521. The predicted octanol–water partition coefficient (Wildman–Crippen LogP) is -1.74. The van der Waals surface area contributed by atoms with E-state index in [0.717, 1.165) is 0 Å². The molecule has 1 aromatic heterocycles. The highest BCUT2D eigenvalue weighted by Gasteiger charge is 2.09. The van der Waals surface area contributed by atoms with Gasteiger partial charge in [0.05, 0.1) is 20.2 Å². The van der Waals surface area contributed by atoms with Gasteiger partial charge in [-0.2, -0.15) is 0 Å². The van der Waals surface area contributed by atoms with Gasteiger partial charge in [0.15, 0.2) is 0 Å². The minimum Gasteiger partial charge on any atom is -0.512 e. The van der Waals surface area contributed by atoms with Crippen LogP contribution in [-0.2, 0) is 14.3 Å². The van der Waals surface area contributed by atoms with Crippen LogP contribution in [0.3, 0.4) is 0 Å². The van der Waals surface area contributed by atoms with Gasteiger partial charge in [-0.15, -0.1) is 0 Å². The molecule has 0 bridgehead atoms. The number of aromatic nitrogens is 1. The first kappa shape index (κ1) is 17.8. The second-order valence-corrected chi connectivity index (χ2v) is 3.20. The van der Waals surface area contributed by atoms with Crippen molar-refractivity contribution >= 4 is 19.3 Å². The molecule has 0 aromatic carbocycles. The number of esters is 1. The maximum atomic E-state index is 10.3. The number of pyridine rings is 1. The van der Waals surface area contributed by atoms with Crippen molar-refractivity contribution < 1.29 is 34.1 Å². The van der Waals surface area contributed by atoms with E-state index in [4.69, 9.17) is 15.2 Å². The molecule has 1 aromatic rings. The normalized spacial score (nSPS) is 8.95. The van der Waals surface area contributed by atoms with Gasteiger partial charge in [-0.05, 0) is 12.1 Å². The van der Waals surface area contributed by atoms with E-state index in [-0.39, 0.29) is 13.1 Å². The molecule has 0 spiro atoms. The average molecular weight is 286 g/mol. The Bertz CT molecular complexity index is 402. The van der Waals surface area contributed by atoms with E-state index in [1.165, 1.54) is 31.6 Å². The van der Waals surface area contributed by atoms with E-state index in [1.54, 1.807) is 0 Å². The van der Waals surface area contributed by atoms with Gasteiger partial charge in [-0.3, -0.25) is 19.9 Å². The van der Waals surface area contributed by atoms with Crippen LogP contribution in [0, 0.1) is 0 Å². The van der Waals surface area contributed by atoms with E-state index in [2.05, 4.69) is 19.7 Å². The third-order valence-corrected chi connectivity index (χ3v) is 1.66. The average Bonchev–Trinajstić information content (AvgIpc) is 2.39. The highest BCUT2D eigenvalue weighted by atomic mass is 16.6. The lowest BCUT2D eigenvalue weighted by Gasteiger charge is -2.01. The third kappa shape index (κ3) is 11.0. The Morgan fingerprint density at radius 2 is 1.90 bits per heavy atom. The summed E-state index contributed by atoms with van der Waals surface area (Å²) in [6, 6.07) is 3.05. The predicted molar refractivity (Wildman–Crippen MR) is 67.6 cm³/mol. The van der Waals surface area contributed by atoms with Crippen LogP contribution in [0.4, 0.5) is 0 Å². The van der Waals surface area contributed by atoms with Crippen LogP contribution in [0.5, 0.6) is 5.75 Å². The summed E-state index contributed by atoms with van der Waals surface area (Å²) in [4.78, 5) is 23.9. The number of carboxylic acid groups (broad SMARTS) is 1. The lowest BCUT2D eigenvalue weighted by Crippen LogP contribution is -2.28. The number of nitrogens with zero attached hydrogens (tertiary/aromatic N) is 1. The molecule has 0 aliphatic carbocycles. The molecule has 4 N–H and O–H groups in total. The number of carbonyl (C=O) groups excluding carboxylic acids is 1. The molecule has 0 atom stereocenters. The smallest absolute Gasteiger partial charge is 0.512 e. The fraction of sp³-hybridized carbons (Fsp3) is 0.300. The number of aliphatic carboxylic acids is 1. The first-order valence-corrected chi connectivity index (χ1v) is 5.38. The van der Waals surface area contributed by atoms with Gasteiger partial charge in [0.1, 0.15) is 5.75 Å². The van der Waals surface area contributed by atoms with Crippen LogP contribution in [0.25, 0.3) is 0 Å². The van der Waals surface area contributed by atoms with Gasteiger partial charge in [0.2, 0.25) is 0 Å². The van der Waals surface area contributed by atoms with E-state index in [9.17, 15) is 9.59 Å². The molecule has 9 nitrogen and oxygen atoms in total. The number of rotatable bonds is 6. The van der Waals surface area contributed by atoms with Crippen molar-refractivity contribution in [2.45, 2.75) is 0 Å². The Kier molecular flexibility index (Phi) is 9.57. The third-order valence-electron chi connectivity index (χ3n) is 1.66. The van der Waals surface area contributed by atoms with E-state index >= 15 is 0 Å². The van der Waals surface area contributed by atoms with Crippen LogP contribution >= 0.6 is 0 Å². The summed E-state index contributed by atoms with van der Waals surface area (Å²) in [5, 5.41) is 27.1. The molecule has 0 radical (unpaired) electrons. The number of hydrogen-bond acceptors (Lipinski definition) is 8. The van der Waals surface area contributed by atoms with E-state index in [1.807, 2.05) is 0 Å². The minimum absolute atomic E-state index is 0.0667. The second kappa shape index (κ2) is 10.7. The molecule has 0 saturated heterocycles. The molecule has 20 heavy (non-hydrogen) atoms. The van der Waals surface area contributed by atoms with Gasteiger partial charge in [0.25, 0.3) is 0 Å². The Hall–Kier alpha value is -2.17. The molecule has 110 valence electrons. The van der Waals surface area contributed by atoms with Crippen molar-refractivity contribution in [3.63, 3.8) is 0 Å². The zero-order valence-electron chi connectivity index (χ0n) is 10.7. The zero-order valence-corrected chi connectivity index (χ0v) is 10.7. The van der Waals surface area contributed by atoms with Crippen molar-refractivity contribution in [3.05, 3.63) is 24.5 Å². The number of carboxylic acids is 1. The van der Waals surface area contributed by atoms with Crippen molar-refractivity contribution in [2.75, 3.05) is 20.2 Å². The summed E-state index contributed by atoms with van der Waals surface area (Å²) >= 11 is 0. The first-order valence-electron chi connectivity index (χ1n) is 5.38. The second-order valence-electron chi connectivity index (χ2n) is 3.20. The van der Waals surface area contributed by atoms with Crippen molar-refractivity contribution in [2.24, 2.45) is 0 Å². The molecule has 1 rings (SSSR count). The van der Waals surface area contributed by atoms with Crippen LogP contribution in [0.1, 0.15) is 0 Å². The van der Waals surface area contributed by atoms with Crippen LogP contribution in [0.15, 0.2) is 24.5 Å². The SMILES string of the molecule is COC(=O)CNCC(=O)O.OB(O)Oc1ccncc1. The highest BCUT2D eigenvalue weighted by Crippen LogP contribution is 2.05. The fourth-order valence-electron chi connectivity index (χ4n) is 0.882. The van der Waals surface area contributed by atoms with Gasteiger partial charge in [-0.25, -0.2) is 0 Å². The molecule has 0 amide bonds. The van der Waals surface area contributed by atoms with Gasteiger partial charge in [-0.1, -0.05) is 0 Å². The summed E-state index contributed by atoms with van der Waals surface area (Å²) in [6.07, 6.45) is 3.00. The van der Waals surface area contributed by atoms with Crippen LogP contribution in [0.2, 0.25) is 0 Å². The Morgan fingerprint density at radius 3 is 2.35 bits per heavy atom. The lowest BCUT2D eigenvalue weighted by atomic mass is 10.2. The van der Waals surface area contributed by atoms with Crippen LogP contribution in [-0.4, -0.2) is 59.6 Å². The maximum Gasteiger partial charge on any atom is 0.707 e. The Labute approximate surface area is 115 Å². The topological polar surface area (TPSA) is 138 Å². The highest BCUT2D eigenvalue weighted by molar-refractivity contribution is 6.33. The molecule has 0 unspecified atom stereocenters. The van der Waals surface area contributed by atoms with E-state index in [0.29, 0.717) is 5.75 Å². The molecule has 10 heteroatoms. The van der Waals surface area contributed by atoms with Gasteiger partial charge >= 0.3 is 19.3 Å². The number of carbonyl (C=O) groups is 2. The maximum absolute atomic E-state index is 10.3. The zero-order chi connectivity index (χ0) is 15.4. The van der Waals surface area contributed by atoms with Crippen molar-refractivity contribution in [3.8, 4) is 5.75 Å². The number of ether oxygens (including phenoxy) is 1. The quantitative estimate of drug-likeness (QED) is 0.354. The molecular formula is C10H15BN2O7. The summed E-state index contributed by atoms with van der Waals surface area (Å²) in [6.45, 7) is -0.294. The molecule has 0 saturated carbocycles. The molecule has 1 heterocycles. The Morgan fingerprint density at radius 1 is 1.30 bits per heavy atom. The fourth-order valence-corrected chi connectivity index (χ4v) is 0.882. The lowest BCUT2D eigenvalue weighted by molar-refractivity contribution is -0.140. The summed E-state index contributed by atoms with van der Waals surface area (Å²) in [5.74, 6) is -1.09. The minimum atomic E-state index is -1.76. The summed E-state index contributed by atoms with van der Waals surface area (Å²) in [5.41, 5.74) is 0. The largest absolute Gasteiger partial charge is 0.707 e. The molecule has 0 aliphatic heterocycles. The van der Waals surface area contributed by atoms with Gasteiger partial charge < -0.3 is 24.5 Å². The van der Waals surface area contributed by atoms with E-state index < -0.39 is 19.3 Å². The molecule has 0 fully saturated rings. The van der Waals surface area contributed by atoms with Gasteiger partial charge in [0, 0.05) is 12.4 Å².